The Bertz CT molecular complexity index is 1290. The van der Waals surface area contributed by atoms with Gasteiger partial charge in [0.1, 0.15) is 6.61 Å². The Morgan fingerprint density at radius 1 is 0.971 bits per heavy atom. The van der Waals surface area contributed by atoms with Crippen LogP contribution in [0.2, 0.25) is 0 Å². The first-order valence-corrected chi connectivity index (χ1v) is 11.5. The number of nitrogens with two attached hydrogens (primary N) is 1. The van der Waals surface area contributed by atoms with Crippen LogP contribution in [0.25, 0.3) is 11.0 Å². The highest BCUT2D eigenvalue weighted by molar-refractivity contribution is 5.78. The number of rotatable bonds is 5. The van der Waals surface area contributed by atoms with Crippen LogP contribution in [0.1, 0.15) is 32.0 Å². The number of imidazole rings is 1. The molecule has 9 nitrogen and oxygen atoms in total. The lowest BCUT2D eigenvalue weighted by Crippen LogP contribution is -2.47. The molecule has 1 aliphatic rings. The lowest BCUT2D eigenvalue weighted by molar-refractivity contribution is 0.300. The Morgan fingerprint density at radius 2 is 1.76 bits per heavy atom. The van der Waals surface area contributed by atoms with Gasteiger partial charge in [-0.25, -0.2) is 19.9 Å². The van der Waals surface area contributed by atoms with Gasteiger partial charge >= 0.3 is 0 Å². The van der Waals surface area contributed by atoms with E-state index in [1.165, 1.54) is 5.56 Å². The van der Waals surface area contributed by atoms with Crippen molar-refractivity contribution >= 4 is 28.7 Å². The molecule has 4 aromatic rings. The molecule has 3 aromatic heterocycles. The van der Waals surface area contributed by atoms with Gasteiger partial charge in [-0.15, -0.1) is 0 Å². The minimum Gasteiger partial charge on any atom is -0.483 e. The molecular weight excluding hydrogens is 428 g/mol. The Morgan fingerprint density at radius 3 is 2.53 bits per heavy atom. The molecule has 0 unspecified atom stereocenters. The summed E-state index contributed by atoms with van der Waals surface area (Å²) in [6.45, 7) is 10.3. The molecule has 0 saturated carbocycles. The van der Waals surface area contributed by atoms with E-state index >= 15 is 0 Å². The largest absolute Gasteiger partial charge is 0.483 e. The maximum atomic E-state index is 6.04. The molecule has 176 valence electrons. The van der Waals surface area contributed by atoms with Crippen LogP contribution in [0.15, 0.2) is 48.8 Å². The third-order valence-electron chi connectivity index (χ3n) is 6.07. The van der Waals surface area contributed by atoms with E-state index in [9.17, 15) is 0 Å². The third kappa shape index (κ3) is 4.59. The highest BCUT2D eigenvalue weighted by Crippen LogP contribution is 2.29. The molecule has 0 radical (unpaired) electrons. The van der Waals surface area contributed by atoms with Crippen molar-refractivity contribution in [3.05, 3.63) is 60.0 Å². The van der Waals surface area contributed by atoms with E-state index in [-0.39, 0.29) is 11.4 Å². The van der Waals surface area contributed by atoms with Gasteiger partial charge in [0.15, 0.2) is 11.6 Å². The molecule has 1 aromatic carbocycles. The number of nitrogen functional groups attached to an aromatic ring is 1. The fourth-order valence-electron chi connectivity index (χ4n) is 4.12. The second-order valence-electron chi connectivity index (χ2n) is 9.54. The minimum absolute atomic E-state index is 0.105. The van der Waals surface area contributed by atoms with E-state index in [1.54, 1.807) is 18.5 Å². The van der Waals surface area contributed by atoms with Crippen molar-refractivity contribution in [1.82, 2.24) is 24.9 Å². The van der Waals surface area contributed by atoms with Crippen molar-refractivity contribution in [3.63, 3.8) is 0 Å². The zero-order valence-electron chi connectivity index (χ0n) is 19.8. The number of anilines is 3. The standard InChI is InChI=1S/C25H30N8O/c1-25(2,3)17-6-7-19-20(15-17)31-24(30-19)33-13-11-32(12-14-33)22-21(5-4-9-27-22)34-16-18-8-10-28-23(26)29-18/h4-10,15H,11-14,16H2,1-3H3,(H,30,31)(H2,26,28,29). The first-order valence-electron chi connectivity index (χ1n) is 11.5. The van der Waals surface area contributed by atoms with Gasteiger partial charge in [0.2, 0.25) is 11.9 Å². The molecule has 0 spiro atoms. The summed E-state index contributed by atoms with van der Waals surface area (Å²) in [6.07, 6.45) is 3.43. The van der Waals surface area contributed by atoms with Crippen LogP contribution in [0.4, 0.5) is 17.7 Å². The van der Waals surface area contributed by atoms with Crippen molar-refractivity contribution in [2.45, 2.75) is 32.8 Å². The summed E-state index contributed by atoms with van der Waals surface area (Å²) in [5.74, 6) is 2.72. The van der Waals surface area contributed by atoms with Crippen molar-refractivity contribution in [2.24, 2.45) is 0 Å². The first-order chi connectivity index (χ1) is 16.4. The quantitative estimate of drug-likeness (QED) is 0.467. The van der Waals surface area contributed by atoms with Gasteiger partial charge in [-0.1, -0.05) is 26.8 Å². The van der Waals surface area contributed by atoms with Gasteiger partial charge in [-0.2, -0.15) is 0 Å². The van der Waals surface area contributed by atoms with Crippen molar-refractivity contribution in [2.75, 3.05) is 41.7 Å². The average Bonchev–Trinajstić information content (AvgIpc) is 3.26. The molecule has 0 atom stereocenters. The summed E-state index contributed by atoms with van der Waals surface area (Å²) in [4.78, 5) is 25.6. The minimum atomic E-state index is 0.105. The van der Waals surface area contributed by atoms with Crippen LogP contribution in [-0.2, 0) is 12.0 Å². The fraction of sp³-hybridized carbons (Fsp3) is 0.360. The summed E-state index contributed by atoms with van der Waals surface area (Å²) in [5, 5.41) is 0. The van der Waals surface area contributed by atoms with Gasteiger partial charge < -0.3 is 25.3 Å². The number of fused-ring (bicyclic) bond motifs is 1. The number of piperazine rings is 1. The van der Waals surface area contributed by atoms with Crippen LogP contribution in [-0.4, -0.2) is 51.1 Å². The van der Waals surface area contributed by atoms with Gasteiger partial charge in [-0.05, 0) is 41.3 Å². The SMILES string of the molecule is CC(C)(C)c1ccc2nc(N3CCN(c4ncccc4OCc4ccnc(N)n4)CC3)[nH]c2c1. The van der Waals surface area contributed by atoms with E-state index in [1.807, 2.05) is 12.1 Å². The number of ether oxygens (including phenoxy) is 1. The lowest BCUT2D eigenvalue weighted by Gasteiger charge is -2.35. The second kappa shape index (κ2) is 8.81. The molecule has 9 heteroatoms. The third-order valence-corrected chi connectivity index (χ3v) is 6.07. The molecule has 1 fully saturated rings. The molecule has 0 bridgehead atoms. The Hall–Kier alpha value is -3.88. The van der Waals surface area contributed by atoms with Gasteiger partial charge in [-0.3, -0.25) is 0 Å². The second-order valence-corrected chi connectivity index (χ2v) is 9.54. The van der Waals surface area contributed by atoms with Crippen LogP contribution in [0, 0.1) is 0 Å². The molecule has 1 saturated heterocycles. The molecule has 1 aliphatic heterocycles. The smallest absolute Gasteiger partial charge is 0.220 e. The number of nitrogens with zero attached hydrogens (tertiary/aromatic N) is 6. The zero-order chi connectivity index (χ0) is 23.7. The van der Waals surface area contributed by atoms with Crippen LogP contribution in [0.3, 0.4) is 0 Å². The van der Waals surface area contributed by atoms with E-state index < -0.39 is 0 Å². The van der Waals surface area contributed by atoms with E-state index in [0.717, 1.165) is 60.4 Å². The number of aromatic amines is 1. The number of hydrogen-bond donors (Lipinski definition) is 2. The summed E-state index contributed by atoms with van der Waals surface area (Å²) in [7, 11) is 0. The Labute approximate surface area is 199 Å². The number of hydrogen-bond acceptors (Lipinski definition) is 8. The summed E-state index contributed by atoms with van der Waals surface area (Å²) in [5.41, 5.74) is 9.88. The maximum Gasteiger partial charge on any atom is 0.220 e. The van der Waals surface area contributed by atoms with Crippen LogP contribution in [0.5, 0.6) is 5.75 Å². The summed E-state index contributed by atoms with van der Waals surface area (Å²) in [6, 6.07) is 12.1. The number of H-pyrrole nitrogens is 1. The lowest BCUT2D eigenvalue weighted by atomic mass is 9.87. The highest BCUT2D eigenvalue weighted by Gasteiger charge is 2.23. The Kier molecular flexibility index (Phi) is 5.69. The topological polar surface area (TPSA) is 109 Å². The van der Waals surface area contributed by atoms with Crippen molar-refractivity contribution < 1.29 is 4.74 Å². The summed E-state index contributed by atoms with van der Waals surface area (Å²) >= 11 is 0. The molecule has 0 aliphatic carbocycles. The van der Waals surface area contributed by atoms with E-state index in [2.05, 4.69) is 68.7 Å². The number of pyridine rings is 1. The monoisotopic (exact) mass is 458 g/mol. The van der Waals surface area contributed by atoms with Crippen LogP contribution < -0.4 is 20.3 Å². The molecular formula is C25H30N8O. The molecule has 4 heterocycles. The number of nitrogens with one attached hydrogen (secondary N) is 1. The maximum absolute atomic E-state index is 6.04. The van der Waals surface area contributed by atoms with E-state index in [0.29, 0.717) is 6.61 Å². The normalized spacial score (nSPS) is 14.6. The Balaban J connectivity index is 1.27. The molecule has 0 amide bonds. The highest BCUT2D eigenvalue weighted by atomic mass is 16.5. The van der Waals surface area contributed by atoms with Crippen molar-refractivity contribution in [3.8, 4) is 5.75 Å². The number of aromatic nitrogens is 5. The predicted molar refractivity (Wildman–Crippen MR) is 134 cm³/mol. The fourth-order valence-corrected chi connectivity index (χ4v) is 4.12. The zero-order valence-corrected chi connectivity index (χ0v) is 19.8. The van der Waals surface area contributed by atoms with Gasteiger partial charge in [0.05, 0.1) is 16.7 Å². The van der Waals surface area contributed by atoms with Gasteiger partial charge in [0, 0.05) is 38.6 Å². The number of benzene rings is 1. The molecule has 5 rings (SSSR count). The molecule has 34 heavy (non-hydrogen) atoms. The predicted octanol–water partition coefficient (Wildman–Crippen LogP) is 3.53. The summed E-state index contributed by atoms with van der Waals surface area (Å²) < 4.78 is 6.04. The first kappa shape index (κ1) is 21.9. The average molecular weight is 459 g/mol. The van der Waals surface area contributed by atoms with E-state index in [4.69, 9.17) is 15.5 Å². The van der Waals surface area contributed by atoms with Crippen molar-refractivity contribution in [1.29, 1.82) is 0 Å². The van der Waals surface area contributed by atoms with Gasteiger partial charge in [0.25, 0.3) is 0 Å². The van der Waals surface area contributed by atoms with Crippen LogP contribution >= 0.6 is 0 Å². The molecule has 3 N–H and O–H groups in total.